The molecule has 5 heteroatoms. The van der Waals surface area contributed by atoms with Crippen molar-refractivity contribution in [3.8, 4) is 5.75 Å². The van der Waals surface area contributed by atoms with Crippen molar-refractivity contribution in [3.63, 3.8) is 0 Å². The van der Waals surface area contributed by atoms with Gasteiger partial charge in [-0.15, -0.1) is 0 Å². The third-order valence-corrected chi connectivity index (χ3v) is 3.87. The number of nitrogens with one attached hydrogen (secondary N) is 1. The van der Waals surface area contributed by atoms with E-state index in [9.17, 15) is 5.11 Å². The topological polar surface area (TPSA) is 41.5 Å². The van der Waals surface area contributed by atoms with E-state index in [1.54, 1.807) is 0 Å². The molecular formula is C14H21Br2NO2. The van der Waals surface area contributed by atoms with Gasteiger partial charge in [0.1, 0.15) is 5.75 Å². The lowest BCUT2D eigenvalue weighted by Gasteiger charge is -2.16. The molecule has 0 aliphatic carbocycles. The molecule has 108 valence electrons. The maximum absolute atomic E-state index is 9.33. The highest BCUT2D eigenvalue weighted by Gasteiger charge is 2.10. The van der Waals surface area contributed by atoms with E-state index in [4.69, 9.17) is 4.74 Å². The minimum Gasteiger partial charge on any atom is -0.492 e. The second-order valence-electron chi connectivity index (χ2n) is 4.69. The summed E-state index contributed by atoms with van der Waals surface area (Å²) < 4.78 is 7.45. The van der Waals surface area contributed by atoms with Gasteiger partial charge in [-0.2, -0.15) is 0 Å². The highest BCUT2D eigenvalue weighted by molar-refractivity contribution is 9.11. The molecule has 0 heterocycles. The van der Waals surface area contributed by atoms with Crippen LogP contribution in [-0.4, -0.2) is 23.9 Å². The first-order valence-corrected chi connectivity index (χ1v) is 8.04. The van der Waals surface area contributed by atoms with Crippen LogP contribution in [0.5, 0.6) is 5.75 Å². The van der Waals surface area contributed by atoms with E-state index in [2.05, 4.69) is 56.2 Å². The highest BCUT2D eigenvalue weighted by atomic mass is 79.9. The molecule has 0 radical (unpaired) electrons. The van der Waals surface area contributed by atoms with E-state index in [1.807, 2.05) is 13.8 Å². The van der Waals surface area contributed by atoms with Crippen molar-refractivity contribution < 1.29 is 9.84 Å². The third-order valence-electron chi connectivity index (χ3n) is 2.70. The molecule has 1 rings (SSSR count). The molecule has 1 aromatic rings. The van der Waals surface area contributed by atoms with Gasteiger partial charge < -0.3 is 15.2 Å². The van der Waals surface area contributed by atoms with Crippen molar-refractivity contribution in [1.82, 2.24) is 5.32 Å². The first-order valence-electron chi connectivity index (χ1n) is 6.46. The summed E-state index contributed by atoms with van der Waals surface area (Å²) >= 11 is 7.05. The largest absolute Gasteiger partial charge is 0.492 e. The number of halogens is 2. The normalized spacial score (nSPS) is 14.2. The van der Waals surface area contributed by atoms with Crippen LogP contribution in [0.2, 0.25) is 0 Å². The molecule has 0 aliphatic heterocycles. The minimum absolute atomic E-state index is 0.277. The molecule has 2 atom stereocenters. The molecule has 0 fully saturated rings. The lowest BCUT2D eigenvalue weighted by atomic mass is 10.1. The van der Waals surface area contributed by atoms with Gasteiger partial charge in [-0.25, -0.2) is 0 Å². The fourth-order valence-electron chi connectivity index (χ4n) is 1.88. The summed E-state index contributed by atoms with van der Waals surface area (Å²) in [5.74, 6) is 0.836. The highest BCUT2D eigenvalue weighted by Crippen LogP contribution is 2.34. The molecular weight excluding hydrogens is 374 g/mol. The summed E-state index contributed by atoms with van der Waals surface area (Å²) in [6.45, 7) is 7.25. The molecule has 1 aromatic carbocycles. The van der Waals surface area contributed by atoms with Crippen LogP contribution < -0.4 is 10.1 Å². The zero-order valence-electron chi connectivity index (χ0n) is 11.5. The van der Waals surface area contributed by atoms with Gasteiger partial charge in [0.25, 0.3) is 0 Å². The molecule has 0 spiro atoms. The van der Waals surface area contributed by atoms with Crippen LogP contribution in [0, 0.1) is 0 Å². The summed E-state index contributed by atoms with van der Waals surface area (Å²) in [5, 5.41) is 12.7. The SMILES string of the molecule is CCOc1c(Br)cc(CNC(C)CC(C)O)cc1Br. The Bertz CT molecular complexity index is 387. The van der Waals surface area contributed by atoms with Gasteiger partial charge in [-0.3, -0.25) is 0 Å². The number of hydrogen-bond acceptors (Lipinski definition) is 3. The number of aliphatic hydroxyl groups excluding tert-OH is 1. The van der Waals surface area contributed by atoms with Gasteiger partial charge >= 0.3 is 0 Å². The van der Waals surface area contributed by atoms with Crippen LogP contribution in [-0.2, 0) is 6.54 Å². The van der Waals surface area contributed by atoms with Crippen LogP contribution in [0.4, 0.5) is 0 Å². The van der Waals surface area contributed by atoms with E-state index in [1.165, 1.54) is 5.56 Å². The van der Waals surface area contributed by atoms with Crippen molar-refractivity contribution in [1.29, 1.82) is 0 Å². The summed E-state index contributed by atoms with van der Waals surface area (Å²) in [4.78, 5) is 0. The fraction of sp³-hybridized carbons (Fsp3) is 0.571. The van der Waals surface area contributed by atoms with Crippen molar-refractivity contribution in [2.45, 2.75) is 45.9 Å². The Balaban J connectivity index is 2.65. The zero-order valence-corrected chi connectivity index (χ0v) is 14.7. The fourth-order valence-corrected chi connectivity index (χ4v) is 3.39. The molecule has 0 bridgehead atoms. The Morgan fingerprint density at radius 3 is 2.32 bits per heavy atom. The van der Waals surface area contributed by atoms with Crippen molar-refractivity contribution >= 4 is 31.9 Å². The molecule has 0 amide bonds. The van der Waals surface area contributed by atoms with Gasteiger partial charge in [0.05, 0.1) is 21.7 Å². The van der Waals surface area contributed by atoms with E-state index in [-0.39, 0.29) is 12.1 Å². The molecule has 0 saturated carbocycles. The van der Waals surface area contributed by atoms with Crippen LogP contribution in [0.1, 0.15) is 32.8 Å². The van der Waals surface area contributed by atoms with Crippen molar-refractivity contribution in [2.24, 2.45) is 0 Å². The van der Waals surface area contributed by atoms with E-state index >= 15 is 0 Å². The number of aliphatic hydroxyl groups is 1. The quantitative estimate of drug-likeness (QED) is 0.737. The summed E-state index contributed by atoms with van der Waals surface area (Å²) in [6.07, 6.45) is 0.473. The smallest absolute Gasteiger partial charge is 0.147 e. The lowest BCUT2D eigenvalue weighted by molar-refractivity contribution is 0.170. The Kier molecular flexibility index (Phi) is 7.36. The summed E-state index contributed by atoms with van der Waals surface area (Å²) in [7, 11) is 0. The van der Waals surface area contributed by atoms with E-state index in [0.29, 0.717) is 6.61 Å². The van der Waals surface area contributed by atoms with Crippen LogP contribution >= 0.6 is 31.9 Å². The first kappa shape index (κ1) is 17.0. The monoisotopic (exact) mass is 393 g/mol. The molecule has 2 unspecified atom stereocenters. The first-order chi connectivity index (χ1) is 8.93. The zero-order chi connectivity index (χ0) is 14.4. The molecule has 19 heavy (non-hydrogen) atoms. The molecule has 0 aromatic heterocycles. The predicted molar refractivity (Wildman–Crippen MR) is 85.6 cm³/mol. The van der Waals surface area contributed by atoms with E-state index < -0.39 is 0 Å². The minimum atomic E-state index is -0.277. The molecule has 2 N–H and O–H groups in total. The Morgan fingerprint density at radius 2 is 1.84 bits per heavy atom. The average molecular weight is 395 g/mol. The molecule has 3 nitrogen and oxygen atoms in total. The lowest BCUT2D eigenvalue weighted by Crippen LogP contribution is -2.28. The predicted octanol–water partition coefficient (Wildman–Crippen LogP) is 3.86. The third kappa shape index (κ3) is 5.81. The number of rotatable bonds is 7. The van der Waals surface area contributed by atoms with Crippen molar-refractivity contribution in [2.75, 3.05) is 6.61 Å². The standard InChI is InChI=1S/C14H21Br2NO2/c1-4-19-14-12(15)6-11(7-13(14)16)8-17-9(2)5-10(3)18/h6-7,9-10,17-18H,4-5,8H2,1-3H3. The number of benzene rings is 1. The summed E-state index contributed by atoms with van der Waals surface area (Å²) in [6, 6.07) is 4.39. The molecule has 0 saturated heterocycles. The van der Waals surface area contributed by atoms with Crippen molar-refractivity contribution in [3.05, 3.63) is 26.6 Å². The average Bonchev–Trinajstić information content (AvgIpc) is 2.30. The Labute approximate surface area is 132 Å². The van der Waals surface area contributed by atoms with Gasteiger partial charge in [-0.1, -0.05) is 0 Å². The van der Waals surface area contributed by atoms with Crippen LogP contribution in [0.3, 0.4) is 0 Å². The maximum Gasteiger partial charge on any atom is 0.147 e. The second kappa shape index (κ2) is 8.25. The Morgan fingerprint density at radius 1 is 1.26 bits per heavy atom. The van der Waals surface area contributed by atoms with Crippen LogP contribution in [0.15, 0.2) is 21.1 Å². The molecule has 0 aliphatic rings. The second-order valence-corrected chi connectivity index (χ2v) is 6.40. The number of hydrogen-bond donors (Lipinski definition) is 2. The van der Waals surface area contributed by atoms with Gasteiger partial charge in [0.2, 0.25) is 0 Å². The van der Waals surface area contributed by atoms with Crippen LogP contribution in [0.25, 0.3) is 0 Å². The Hall–Kier alpha value is -0.100. The van der Waals surface area contributed by atoms with Gasteiger partial charge in [0.15, 0.2) is 0 Å². The van der Waals surface area contributed by atoms with E-state index in [0.717, 1.165) is 27.7 Å². The van der Waals surface area contributed by atoms with Gasteiger partial charge in [0, 0.05) is 12.6 Å². The van der Waals surface area contributed by atoms with Gasteiger partial charge in [-0.05, 0) is 76.7 Å². The number of ether oxygens (including phenoxy) is 1. The summed E-state index contributed by atoms with van der Waals surface area (Å²) in [5.41, 5.74) is 1.17. The maximum atomic E-state index is 9.33.